The van der Waals surface area contributed by atoms with E-state index in [1.807, 2.05) is 48.5 Å². The van der Waals surface area contributed by atoms with E-state index in [4.69, 9.17) is 4.84 Å². The molecule has 4 heteroatoms. The number of benzene rings is 2. The maximum absolute atomic E-state index is 12.6. The summed E-state index contributed by atoms with van der Waals surface area (Å²) in [6.07, 6.45) is 1.59. The van der Waals surface area contributed by atoms with E-state index in [0.717, 1.165) is 5.56 Å². The summed E-state index contributed by atoms with van der Waals surface area (Å²) in [5, 5.41) is 0.529. The molecule has 3 aromatic rings. The summed E-state index contributed by atoms with van der Waals surface area (Å²) < 4.78 is 1.24. The van der Waals surface area contributed by atoms with Crippen molar-refractivity contribution in [2.24, 2.45) is 0 Å². The lowest BCUT2D eigenvalue weighted by molar-refractivity contribution is 0.129. The molecule has 0 fully saturated rings. The van der Waals surface area contributed by atoms with Crippen LogP contribution in [0, 0.1) is 0 Å². The van der Waals surface area contributed by atoms with Gasteiger partial charge in [0.15, 0.2) is 5.82 Å². The van der Waals surface area contributed by atoms with Crippen molar-refractivity contribution in [3.8, 4) is 11.4 Å². The zero-order chi connectivity index (χ0) is 14.7. The van der Waals surface area contributed by atoms with E-state index < -0.39 is 0 Å². The van der Waals surface area contributed by atoms with Gasteiger partial charge in [-0.1, -0.05) is 55.1 Å². The van der Waals surface area contributed by atoms with Gasteiger partial charge in [0.1, 0.15) is 6.61 Å². The Kier molecular flexibility index (Phi) is 3.51. The number of aromatic nitrogens is 2. The van der Waals surface area contributed by atoms with Crippen LogP contribution in [0.25, 0.3) is 22.3 Å². The molecule has 0 amide bonds. The van der Waals surface area contributed by atoms with Gasteiger partial charge < -0.3 is 4.84 Å². The molecule has 1 aromatic heterocycles. The molecule has 3 rings (SSSR count). The summed E-state index contributed by atoms with van der Waals surface area (Å²) in [6, 6.07) is 16.7. The molecular weight excluding hydrogens is 264 g/mol. The maximum atomic E-state index is 12.6. The van der Waals surface area contributed by atoms with Crippen molar-refractivity contribution in [1.29, 1.82) is 0 Å². The summed E-state index contributed by atoms with van der Waals surface area (Å²) >= 11 is 0. The maximum Gasteiger partial charge on any atom is 0.294 e. The number of para-hydroxylation sites is 1. The van der Waals surface area contributed by atoms with Gasteiger partial charge in [0.25, 0.3) is 5.56 Å². The van der Waals surface area contributed by atoms with Crippen molar-refractivity contribution >= 4 is 10.9 Å². The number of rotatable bonds is 4. The van der Waals surface area contributed by atoms with Crippen LogP contribution in [0.15, 0.2) is 72.0 Å². The summed E-state index contributed by atoms with van der Waals surface area (Å²) in [5.74, 6) is 0.487. The quantitative estimate of drug-likeness (QED) is 0.689. The molecule has 0 aliphatic heterocycles. The molecule has 1 heterocycles. The van der Waals surface area contributed by atoms with Crippen LogP contribution in [0.2, 0.25) is 0 Å². The Morgan fingerprint density at radius 2 is 1.81 bits per heavy atom. The highest BCUT2D eigenvalue weighted by Gasteiger charge is 2.13. The molecule has 0 N–H and O–H groups in total. The van der Waals surface area contributed by atoms with Crippen LogP contribution in [-0.4, -0.2) is 16.3 Å². The lowest BCUT2D eigenvalue weighted by Gasteiger charge is -2.13. The second-order valence-corrected chi connectivity index (χ2v) is 4.50. The summed E-state index contributed by atoms with van der Waals surface area (Å²) in [4.78, 5) is 22.7. The molecule has 0 bridgehead atoms. The largest absolute Gasteiger partial charge is 0.405 e. The van der Waals surface area contributed by atoms with Gasteiger partial charge in [-0.3, -0.25) is 4.79 Å². The van der Waals surface area contributed by atoms with Crippen LogP contribution in [0.3, 0.4) is 0 Å². The van der Waals surface area contributed by atoms with Crippen molar-refractivity contribution in [2.45, 2.75) is 0 Å². The van der Waals surface area contributed by atoms with Crippen LogP contribution in [0.1, 0.15) is 0 Å². The average Bonchev–Trinajstić information content (AvgIpc) is 2.55. The van der Waals surface area contributed by atoms with Gasteiger partial charge in [-0.15, -0.1) is 4.73 Å². The first-order valence-corrected chi connectivity index (χ1v) is 6.62. The third-order valence-corrected chi connectivity index (χ3v) is 3.09. The molecule has 4 nitrogen and oxygen atoms in total. The van der Waals surface area contributed by atoms with Gasteiger partial charge in [0.05, 0.1) is 10.9 Å². The highest BCUT2D eigenvalue weighted by Crippen LogP contribution is 2.17. The Morgan fingerprint density at radius 1 is 1.10 bits per heavy atom. The van der Waals surface area contributed by atoms with Crippen molar-refractivity contribution in [1.82, 2.24) is 9.71 Å². The van der Waals surface area contributed by atoms with E-state index in [2.05, 4.69) is 11.6 Å². The van der Waals surface area contributed by atoms with Crippen molar-refractivity contribution in [3.05, 3.63) is 77.6 Å². The minimum Gasteiger partial charge on any atom is -0.405 e. The fraction of sp³-hybridized carbons (Fsp3) is 0.0588. The average molecular weight is 278 g/mol. The summed E-state index contributed by atoms with van der Waals surface area (Å²) in [6.45, 7) is 3.85. The van der Waals surface area contributed by atoms with E-state index in [1.54, 1.807) is 12.1 Å². The van der Waals surface area contributed by atoms with Gasteiger partial charge in [-0.25, -0.2) is 4.98 Å². The van der Waals surface area contributed by atoms with E-state index in [-0.39, 0.29) is 12.2 Å². The fourth-order valence-electron chi connectivity index (χ4n) is 2.13. The van der Waals surface area contributed by atoms with Crippen molar-refractivity contribution in [3.63, 3.8) is 0 Å². The highest BCUT2D eigenvalue weighted by atomic mass is 16.7. The van der Waals surface area contributed by atoms with E-state index in [9.17, 15) is 4.79 Å². The van der Waals surface area contributed by atoms with Gasteiger partial charge in [0, 0.05) is 5.56 Å². The van der Waals surface area contributed by atoms with Gasteiger partial charge in [-0.2, -0.15) is 0 Å². The van der Waals surface area contributed by atoms with Crippen LogP contribution in [0.5, 0.6) is 0 Å². The minimum atomic E-state index is -0.221. The number of fused-ring (bicyclic) bond motifs is 1. The molecule has 0 atom stereocenters. The second kappa shape index (κ2) is 5.63. The van der Waals surface area contributed by atoms with Gasteiger partial charge >= 0.3 is 0 Å². The first-order valence-electron chi connectivity index (χ1n) is 6.62. The highest BCUT2D eigenvalue weighted by molar-refractivity contribution is 5.79. The number of hydrogen-bond donors (Lipinski definition) is 0. The van der Waals surface area contributed by atoms with Crippen LogP contribution >= 0.6 is 0 Å². The zero-order valence-corrected chi connectivity index (χ0v) is 11.4. The lowest BCUT2D eigenvalue weighted by atomic mass is 10.2. The third kappa shape index (κ3) is 2.43. The molecule has 0 saturated heterocycles. The van der Waals surface area contributed by atoms with E-state index >= 15 is 0 Å². The summed E-state index contributed by atoms with van der Waals surface area (Å²) in [5.41, 5.74) is 1.26. The zero-order valence-electron chi connectivity index (χ0n) is 11.4. The Morgan fingerprint density at radius 3 is 2.57 bits per heavy atom. The minimum absolute atomic E-state index is 0.221. The number of hydrogen-bond acceptors (Lipinski definition) is 3. The van der Waals surface area contributed by atoms with E-state index in [1.165, 1.54) is 4.73 Å². The van der Waals surface area contributed by atoms with Crippen LogP contribution in [-0.2, 0) is 0 Å². The molecule has 104 valence electrons. The Hall–Kier alpha value is -2.88. The Labute approximate surface area is 121 Å². The Balaban J connectivity index is 2.30. The first-order chi connectivity index (χ1) is 10.3. The third-order valence-electron chi connectivity index (χ3n) is 3.09. The molecule has 0 spiro atoms. The SMILES string of the molecule is C=CCOn1c(-c2ccccc2)nc2ccccc2c1=O. The Bertz CT molecular complexity index is 838. The predicted octanol–water partition coefficient (Wildman–Crippen LogP) is 2.68. The second-order valence-electron chi connectivity index (χ2n) is 4.50. The summed E-state index contributed by atoms with van der Waals surface area (Å²) in [7, 11) is 0. The number of nitrogens with zero attached hydrogens (tertiary/aromatic N) is 2. The van der Waals surface area contributed by atoms with Crippen molar-refractivity contribution in [2.75, 3.05) is 6.61 Å². The van der Waals surface area contributed by atoms with Gasteiger partial charge in [0.2, 0.25) is 0 Å². The molecule has 0 unspecified atom stereocenters. The molecule has 2 aromatic carbocycles. The first kappa shape index (κ1) is 13.1. The normalized spacial score (nSPS) is 10.5. The predicted molar refractivity (Wildman–Crippen MR) is 83.1 cm³/mol. The fourth-order valence-corrected chi connectivity index (χ4v) is 2.13. The standard InChI is InChI=1S/C17H14N2O2/c1-2-12-21-19-16(13-8-4-3-5-9-13)18-15-11-7-6-10-14(15)17(19)20/h2-11H,1,12H2. The topological polar surface area (TPSA) is 44.1 Å². The molecule has 0 radical (unpaired) electrons. The molecule has 0 aliphatic rings. The van der Waals surface area contributed by atoms with Crippen LogP contribution < -0.4 is 10.4 Å². The lowest BCUT2D eigenvalue weighted by Crippen LogP contribution is -2.29. The molecule has 21 heavy (non-hydrogen) atoms. The molecular formula is C17H14N2O2. The molecule has 0 aliphatic carbocycles. The van der Waals surface area contributed by atoms with Crippen LogP contribution in [0.4, 0.5) is 0 Å². The monoisotopic (exact) mass is 278 g/mol. The smallest absolute Gasteiger partial charge is 0.294 e. The van der Waals surface area contributed by atoms with Gasteiger partial charge in [-0.05, 0) is 12.1 Å². The van der Waals surface area contributed by atoms with Crippen molar-refractivity contribution < 1.29 is 4.84 Å². The van der Waals surface area contributed by atoms with E-state index in [0.29, 0.717) is 16.7 Å². The molecule has 0 saturated carbocycles.